The van der Waals surface area contributed by atoms with Gasteiger partial charge in [-0.15, -0.1) is 0 Å². The monoisotopic (exact) mass is 442 g/mol. The number of nitrogens with one attached hydrogen (secondary N) is 2. The van der Waals surface area contributed by atoms with Crippen molar-refractivity contribution in [2.24, 2.45) is 4.99 Å². The van der Waals surface area contributed by atoms with Crippen molar-refractivity contribution in [3.05, 3.63) is 93.7 Å². The fourth-order valence-electron chi connectivity index (χ4n) is 4.01. The lowest BCUT2D eigenvalue weighted by Gasteiger charge is -2.09. The van der Waals surface area contributed by atoms with Crippen molar-refractivity contribution in [1.82, 2.24) is 15.5 Å². The molecular formula is C25H19FN4O3. The summed E-state index contributed by atoms with van der Waals surface area (Å²) in [7, 11) is 1.29. The molecule has 4 aromatic rings. The summed E-state index contributed by atoms with van der Waals surface area (Å²) in [4.78, 5) is 27.8. The van der Waals surface area contributed by atoms with Crippen LogP contribution in [-0.2, 0) is 17.6 Å². The first-order valence-electron chi connectivity index (χ1n) is 10.3. The van der Waals surface area contributed by atoms with Crippen LogP contribution in [0.25, 0.3) is 21.9 Å². The molecule has 0 atom stereocenters. The second-order valence-corrected chi connectivity index (χ2v) is 7.73. The molecule has 164 valence electrons. The van der Waals surface area contributed by atoms with E-state index in [9.17, 15) is 9.59 Å². The van der Waals surface area contributed by atoms with Crippen LogP contribution in [0.2, 0.25) is 0 Å². The molecule has 0 bridgehead atoms. The summed E-state index contributed by atoms with van der Waals surface area (Å²) in [6, 6.07) is 17.8. The van der Waals surface area contributed by atoms with Crippen molar-refractivity contribution in [2.45, 2.75) is 12.8 Å². The summed E-state index contributed by atoms with van der Waals surface area (Å²) >= 11 is 0. The van der Waals surface area contributed by atoms with Crippen LogP contribution in [0.4, 0.5) is 14.9 Å². The minimum absolute atomic E-state index is 0.249. The van der Waals surface area contributed by atoms with E-state index in [0.717, 1.165) is 27.8 Å². The number of ether oxygens (including phenoxy) is 1. The van der Waals surface area contributed by atoms with Gasteiger partial charge >= 0.3 is 6.09 Å². The fraction of sp³-hybridized carbons (Fsp3) is 0.120. The van der Waals surface area contributed by atoms with E-state index in [1.54, 1.807) is 30.3 Å². The number of fused-ring (bicyclic) bond motifs is 2. The van der Waals surface area contributed by atoms with Crippen molar-refractivity contribution in [2.75, 3.05) is 7.11 Å². The number of amidine groups is 1. The molecule has 1 aliphatic heterocycles. The first-order chi connectivity index (χ1) is 16.0. The topological polar surface area (TPSA) is 96.4 Å². The predicted molar refractivity (Wildman–Crippen MR) is 123 cm³/mol. The number of methoxy groups -OCH3 is 1. The number of aliphatic imine (C=N–C) groups is 1. The number of H-pyrrole nitrogens is 1. The molecule has 2 heterocycles. The van der Waals surface area contributed by atoms with Gasteiger partial charge in [0.05, 0.1) is 23.9 Å². The highest BCUT2D eigenvalue weighted by Gasteiger charge is 2.18. The van der Waals surface area contributed by atoms with Crippen LogP contribution in [-0.4, -0.2) is 29.2 Å². The van der Waals surface area contributed by atoms with Gasteiger partial charge in [-0.05, 0) is 41.0 Å². The molecule has 33 heavy (non-hydrogen) atoms. The number of carbonyl (C=O) groups excluding carboxylic acids is 1. The van der Waals surface area contributed by atoms with E-state index in [0.29, 0.717) is 35.3 Å². The first kappa shape index (κ1) is 20.6. The molecule has 0 saturated carbocycles. The summed E-state index contributed by atoms with van der Waals surface area (Å²) in [5, 5.41) is 10.6. The Morgan fingerprint density at radius 3 is 2.73 bits per heavy atom. The number of aromatic nitrogens is 2. The van der Waals surface area contributed by atoms with E-state index in [-0.39, 0.29) is 11.4 Å². The molecule has 3 aromatic carbocycles. The number of nitrogens with zero attached hydrogens (tertiary/aromatic N) is 2. The maximum Gasteiger partial charge on any atom is 0.412 e. The Kier molecular flexibility index (Phi) is 5.18. The Bertz CT molecular complexity index is 1490. The molecule has 5 rings (SSSR count). The second-order valence-electron chi connectivity index (χ2n) is 7.73. The third-order valence-electron chi connectivity index (χ3n) is 5.62. The van der Waals surface area contributed by atoms with Gasteiger partial charge in [-0.25, -0.2) is 19.3 Å². The minimum atomic E-state index is -0.576. The molecule has 0 spiro atoms. The van der Waals surface area contributed by atoms with Gasteiger partial charge in [0, 0.05) is 23.8 Å². The Labute approximate surface area is 188 Å². The maximum atomic E-state index is 15.1. The standard InChI is InChI=1S/C25H19FN4O3/c1-33-25(32)28-23-13-16-12-15(7-9-21(16)27-23)17-8-6-14(10-20(17)26)11-22-18-4-2-3-5-19(18)24(31)30-29-22/h2-10,12H,11,13H2,1H3,(H,30,31)(H,27,28,32). The van der Waals surface area contributed by atoms with Crippen LogP contribution in [0.15, 0.2) is 70.5 Å². The molecule has 1 aliphatic rings. The smallest absolute Gasteiger partial charge is 0.412 e. The number of alkyl carbamates (subject to hydrolysis) is 1. The van der Waals surface area contributed by atoms with Gasteiger partial charge in [0.25, 0.3) is 5.56 Å². The zero-order valence-corrected chi connectivity index (χ0v) is 17.7. The lowest BCUT2D eigenvalue weighted by molar-refractivity contribution is 0.176. The van der Waals surface area contributed by atoms with Gasteiger partial charge in [-0.3, -0.25) is 10.1 Å². The average molecular weight is 442 g/mol. The van der Waals surface area contributed by atoms with Crippen LogP contribution in [0.3, 0.4) is 0 Å². The Morgan fingerprint density at radius 1 is 1.12 bits per heavy atom. The number of aromatic amines is 1. The van der Waals surface area contributed by atoms with E-state index in [1.807, 2.05) is 24.3 Å². The summed E-state index contributed by atoms with van der Waals surface area (Å²) < 4.78 is 19.7. The number of carbonyl (C=O) groups is 1. The van der Waals surface area contributed by atoms with Crippen molar-refractivity contribution in [1.29, 1.82) is 0 Å². The summed E-state index contributed by atoms with van der Waals surface area (Å²) in [6.45, 7) is 0. The van der Waals surface area contributed by atoms with Gasteiger partial charge in [0.15, 0.2) is 0 Å². The Morgan fingerprint density at radius 2 is 1.94 bits per heavy atom. The molecule has 1 amide bonds. The third-order valence-corrected chi connectivity index (χ3v) is 5.62. The van der Waals surface area contributed by atoms with Crippen molar-refractivity contribution < 1.29 is 13.9 Å². The largest absolute Gasteiger partial charge is 0.453 e. The Hall–Kier alpha value is -4.33. The van der Waals surface area contributed by atoms with Crippen LogP contribution >= 0.6 is 0 Å². The van der Waals surface area contributed by atoms with Crippen LogP contribution in [0.1, 0.15) is 16.8 Å². The quantitative estimate of drug-likeness (QED) is 0.495. The SMILES string of the molecule is COC(=O)NC1=Nc2ccc(-c3ccc(Cc4n[nH]c(=O)c5ccccc45)cc3F)cc2C1. The van der Waals surface area contributed by atoms with E-state index < -0.39 is 6.09 Å². The number of hydrogen-bond acceptors (Lipinski definition) is 5. The number of benzene rings is 3. The van der Waals surface area contributed by atoms with Gasteiger partial charge < -0.3 is 4.74 Å². The van der Waals surface area contributed by atoms with Gasteiger partial charge in [-0.2, -0.15) is 5.10 Å². The fourth-order valence-corrected chi connectivity index (χ4v) is 4.01. The number of rotatable bonds is 3. The lowest BCUT2D eigenvalue weighted by atomic mass is 9.98. The van der Waals surface area contributed by atoms with E-state index in [1.165, 1.54) is 13.2 Å². The normalized spacial score (nSPS) is 12.4. The average Bonchev–Trinajstić information content (AvgIpc) is 3.22. The van der Waals surface area contributed by atoms with E-state index in [2.05, 4.69) is 25.2 Å². The first-order valence-corrected chi connectivity index (χ1v) is 10.3. The van der Waals surface area contributed by atoms with Crippen molar-refractivity contribution in [3.8, 4) is 11.1 Å². The molecule has 8 heteroatoms. The van der Waals surface area contributed by atoms with Crippen LogP contribution in [0, 0.1) is 5.82 Å². The summed E-state index contributed by atoms with van der Waals surface area (Å²) in [5.41, 5.74) is 3.99. The summed E-state index contributed by atoms with van der Waals surface area (Å²) in [6.07, 6.45) is 0.242. The van der Waals surface area contributed by atoms with E-state index >= 15 is 4.39 Å². The van der Waals surface area contributed by atoms with Crippen LogP contribution in [0.5, 0.6) is 0 Å². The molecule has 7 nitrogen and oxygen atoms in total. The van der Waals surface area contributed by atoms with Gasteiger partial charge in [0.2, 0.25) is 0 Å². The molecule has 0 aliphatic carbocycles. The zero-order valence-electron chi connectivity index (χ0n) is 17.7. The highest BCUT2D eigenvalue weighted by Crippen LogP contribution is 2.32. The third kappa shape index (κ3) is 3.98. The molecule has 0 radical (unpaired) electrons. The molecule has 2 N–H and O–H groups in total. The highest BCUT2D eigenvalue weighted by atomic mass is 19.1. The minimum Gasteiger partial charge on any atom is -0.453 e. The molecule has 0 saturated heterocycles. The zero-order chi connectivity index (χ0) is 22.9. The van der Waals surface area contributed by atoms with Crippen molar-refractivity contribution >= 4 is 28.4 Å². The highest BCUT2D eigenvalue weighted by molar-refractivity contribution is 6.01. The molecule has 0 unspecified atom stereocenters. The van der Waals surface area contributed by atoms with Crippen molar-refractivity contribution in [3.63, 3.8) is 0 Å². The second kappa shape index (κ2) is 8.31. The number of amides is 1. The van der Waals surface area contributed by atoms with Gasteiger partial charge in [0.1, 0.15) is 11.7 Å². The predicted octanol–water partition coefficient (Wildman–Crippen LogP) is 4.26. The number of halogens is 1. The maximum absolute atomic E-state index is 15.1. The molecular weight excluding hydrogens is 423 g/mol. The van der Waals surface area contributed by atoms with Crippen LogP contribution < -0.4 is 10.9 Å². The summed E-state index contributed by atoms with van der Waals surface area (Å²) in [5.74, 6) is 0.137. The molecule has 1 aromatic heterocycles. The lowest BCUT2D eigenvalue weighted by Crippen LogP contribution is -2.30. The number of hydrogen-bond donors (Lipinski definition) is 2. The Balaban J connectivity index is 1.39. The molecule has 0 fully saturated rings. The van der Waals surface area contributed by atoms with E-state index in [4.69, 9.17) is 0 Å². The van der Waals surface area contributed by atoms with Gasteiger partial charge in [-0.1, -0.05) is 36.4 Å².